The smallest absolute Gasteiger partial charge is 0.130 e. The minimum atomic E-state index is 0.0320. The van der Waals surface area contributed by atoms with E-state index < -0.39 is 0 Å². The standard InChI is InChI=1S/C14H14N2O2/c1-3-17-13-5-6-14(18-4-2)12(8-13)7-11(9-15)10-16/h5-8H,3-4H2,1-2H3. The third-order valence-corrected chi connectivity index (χ3v) is 2.13. The maximum atomic E-state index is 8.77. The molecule has 0 atom stereocenters. The van der Waals surface area contributed by atoms with Crippen LogP contribution in [-0.2, 0) is 0 Å². The molecule has 1 rings (SSSR count). The van der Waals surface area contributed by atoms with E-state index in [-0.39, 0.29) is 5.57 Å². The van der Waals surface area contributed by atoms with Crippen molar-refractivity contribution >= 4 is 6.08 Å². The second-order valence-electron chi connectivity index (χ2n) is 3.35. The second-order valence-corrected chi connectivity index (χ2v) is 3.35. The van der Waals surface area contributed by atoms with Crippen LogP contribution in [0.15, 0.2) is 23.8 Å². The highest BCUT2D eigenvalue weighted by molar-refractivity contribution is 5.67. The highest BCUT2D eigenvalue weighted by Gasteiger charge is 2.05. The molecule has 0 aliphatic carbocycles. The van der Waals surface area contributed by atoms with Crippen LogP contribution < -0.4 is 9.47 Å². The Morgan fingerprint density at radius 3 is 2.39 bits per heavy atom. The largest absolute Gasteiger partial charge is 0.494 e. The van der Waals surface area contributed by atoms with Crippen molar-refractivity contribution in [1.29, 1.82) is 10.5 Å². The van der Waals surface area contributed by atoms with Crippen molar-refractivity contribution in [3.05, 3.63) is 29.3 Å². The van der Waals surface area contributed by atoms with Crippen molar-refractivity contribution in [3.8, 4) is 23.6 Å². The number of nitriles is 2. The first-order valence-electron chi connectivity index (χ1n) is 5.66. The Hall–Kier alpha value is -2.46. The summed E-state index contributed by atoms with van der Waals surface area (Å²) in [6.45, 7) is 4.84. The van der Waals surface area contributed by atoms with Gasteiger partial charge in [-0.05, 0) is 38.1 Å². The average molecular weight is 242 g/mol. The van der Waals surface area contributed by atoms with E-state index in [0.29, 0.717) is 30.3 Å². The molecular formula is C14H14N2O2. The number of ether oxygens (including phenoxy) is 2. The molecule has 92 valence electrons. The lowest BCUT2D eigenvalue weighted by Gasteiger charge is -2.09. The van der Waals surface area contributed by atoms with Gasteiger partial charge in [-0.1, -0.05) is 0 Å². The summed E-state index contributed by atoms with van der Waals surface area (Å²) in [4.78, 5) is 0. The lowest BCUT2D eigenvalue weighted by molar-refractivity contribution is 0.330. The molecule has 4 heteroatoms. The van der Waals surface area contributed by atoms with Crippen LogP contribution in [0.25, 0.3) is 6.08 Å². The zero-order valence-corrected chi connectivity index (χ0v) is 10.4. The summed E-state index contributed by atoms with van der Waals surface area (Å²) in [5.74, 6) is 1.31. The molecular weight excluding hydrogens is 228 g/mol. The molecule has 4 nitrogen and oxygen atoms in total. The Morgan fingerprint density at radius 2 is 1.83 bits per heavy atom. The molecule has 0 unspecified atom stereocenters. The van der Waals surface area contributed by atoms with Gasteiger partial charge in [0, 0.05) is 5.56 Å². The Balaban J connectivity index is 3.20. The molecule has 0 saturated carbocycles. The summed E-state index contributed by atoms with van der Waals surface area (Å²) in [6, 6.07) is 8.97. The van der Waals surface area contributed by atoms with Gasteiger partial charge in [0.1, 0.15) is 29.2 Å². The summed E-state index contributed by atoms with van der Waals surface area (Å²) in [5.41, 5.74) is 0.700. The van der Waals surface area contributed by atoms with Crippen LogP contribution in [-0.4, -0.2) is 13.2 Å². The minimum Gasteiger partial charge on any atom is -0.494 e. The van der Waals surface area contributed by atoms with Gasteiger partial charge in [0.2, 0.25) is 0 Å². The van der Waals surface area contributed by atoms with Gasteiger partial charge in [0.05, 0.1) is 13.2 Å². The number of benzene rings is 1. The molecule has 0 aliphatic heterocycles. The lowest BCUT2D eigenvalue weighted by atomic mass is 10.1. The maximum absolute atomic E-state index is 8.77. The topological polar surface area (TPSA) is 66.0 Å². The number of hydrogen-bond acceptors (Lipinski definition) is 4. The van der Waals surface area contributed by atoms with Gasteiger partial charge < -0.3 is 9.47 Å². The molecule has 0 N–H and O–H groups in total. The summed E-state index contributed by atoms with van der Waals surface area (Å²) in [7, 11) is 0. The third kappa shape index (κ3) is 3.54. The SMILES string of the molecule is CCOc1ccc(OCC)c(C=C(C#N)C#N)c1. The Bertz CT molecular complexity index is 506. The van der Waals surface area contributed by atoms with E-state index in [9.17, 15) is 0 Å². The lowest BCUT2D eigenvalue weighted by Crippen LogP contribution is -1.96. The summed E-state index contributed by atoms with van der Waals surface area (Å²) in [5, 5.41) is 17.5. The highest BCUT2D eigenvalue weighted by atomic mass is 16.5. The van der Waals surface area contributed by atoms with Gasteiger partial charge in [-0.3, -0.25) is 0 Å². The molecule has 1 aromatic carbocycles. The Labute approximate surface area is 107 Å². The molecule has 0 saturated heterocycles. The van der Waals surface area contributed by atoms with Crippen LogP contribution in [0.3, 0.4) is 0 Å². The molecule has 0 amide bonds. The zero-order chi connectivity index (χ0) is 13.4. The molecule has 0 spiro atoms. The van der Waals surface area contributed by atoms with Crippen LogP contribution in [0.5, 0.6) is 11.5 Å². The van der Waals surface area contributed by atoms with Crippen LogP contribution in [0.1, 0.15) is 19.4 Å². The van der Waals surface area contributed by atoms with Crippen molar-refractivity contribution in [3.63, 3.8) is 0 Å². The molecule has 1 aromatic rings. The van der Waals surface area contributed by atoms with Gasteiger partial charge in [-0.25, -0.2) is 0 Å². The van der Waals surface area contributed by atoms with Gasteiger partial charge in [0.15, 0.2) is 0 Å². The van der Waals surface area contributed by atoms with Crippen molar-refractivity contribution in [2.24, 2.45) is 0 Å². The van der Waals surface area contributed by atoms with E-state index in [1.165, 1.54) is 6.08 Å². The second kappa shape index (κ2) is 6.98. The van der Waals surface area contributed by atoms with Crippen LogP contribution in [0.2, 0.25) is 0 Å². The van der Waals surface area contributed by atoms with Gasteiger partial charge in [-0.15, -0.1) is 0 Å². The fraction of sp³-hybridized carbons (Fsp3) is 0.286. The van der Waals surface area contributed by atoms with Crippen molar-refractivity contribution < 1.29 is 9.47 Å². The van der Waals surface area contributed by atoms with E-state index in [2.05, 4.69) is 0 Å². The fourth-order valence-corrected chi connectivity index (χ4v) is 1.43. The van der Waals surface area contributed by atoms with Crippen LogP contribution >= 0.6 is 0 Å². The van der Waals surface area contributed by atoms with Gasteiger partial charge in [0.25, 0.3) is 0 Å². The first-order valence-corrected chi connectivity index (χ1v) is 5.66. The monoisotopic (exact) mass is 242 g/mol. The molecule has 0 aliphatic rings. The first kappa shape index (κ1) is 13.6. The summed E-state index contributed by atoms with van der Waals surface area (Å²) < 4.78 is 10.8. The average Bonchev–Trinajstić information content (AvgIpc) is 2.39. The fourth-order valence-electron chi connectivity index (χ4n) is 1.43. The van der Waals surface area contributed by atoms with Crippen molar-refractivity contribution in [2.45, 2.75) is 13.8 Å². The summed E-state index contributed by atoms with van der Waals surface area (Å²) in [6.07, 6.45) is 1.49. The van der Waals surface area contributed by atoms with E-state index >= 15 is 0 Å². The maximum Gasteiger partial charge on any atom is 0.130 e. The molecule has 0 radical (unpaired) electrons. The predicted molar refractivity (Wildman–Crippen MR) is 68.0 cm³/mol. The third-order valence-electron chi connectivity index (χ3n) is 2.13. The quantitative estimate of drug-likeness (QED) is 0.744. The van der Waals surface area contributed by atoms with Crippen molar-refractivity contribution in [1.82, 2.24) is 0 Å². The molecule has 0 fully saturated rings. The van der Waals surface area contributed by atoms with E-state index in [4.69, 9.17) is 20.0 Å². The molecule has 0 bridgehead atoms. The van der Waals surface area contributed by atoms with E-state index in [0.717, 1.165) is 0 Å². The zero-order valence-electron chi connectivity index (χ0n) is 10.4. The number of nitrogens with zero attached hydrogens (tertiary/aromatic N) is 2. The van der Waals surface area contributed by atoms with Crippen LogP contribution in [0, 0.1) is 22.7 Å². The normalized spacial score (nSPS) is 8.89. The number of rotatable bonds is 5. The Kier molecular flexibility index (Phi) is 5.28. The van der Waals surface area contributed by atoms with Crippen LogP contribution in [0.4, 0.5) is 0 Å². The van der Waals surface area contributed by atoms with Gasteiger partial charge >= 0.3 is 0 Å². The molecule has 0 heterocycles. The number of allylic oxidation sites excluding steroid dienone is 1. The Morgan fingerprint density at radius 1 is 1.17 bits per heavy atom. The molecule has 18 heavy (non-hydrogen) atoms. The van der Waals surface area contributed by atoms with E-state index in [1.54, 1.807) is 18.2 Å². The predicted octanol–water partition coefficient (Wildman–Crippen LogP) is 2.91. The van der Waals surface area contributed by atoms with Gasteiger partial charge in [-0.2, -0.15) is 10.5 Å². The highest BCUT2D eigenvalue weighted by Crippen LogP contribution is 2.26. The molecule has 0 aromatic heterocycles. The van der Waals surface area contributed by atoms with E-state index in [1.807, 2.05) is 26.0 Å². The number of hydrogen-bond donors (Lipinski definition) is 0. The first-order chi connectivity index (χ1) is 8.74. The van der Waals surface area contributed by atoms with Crippen molar-refractivity contribution in [2.75, 3.05) is 13.2 Å². The summed E-state index contributed by atoms with van der Waals surface area (Å²) >= 11 is 0. The minimum absolute atomic E-state index is 0.0320.